The molecule has 0 saturated carbocycles. The highest BCUT2D eigenvalue weighted by Gasteiger charge is 2.21. The average Bonchev–Trinajstić information content (AvgIpc) is 2.99. The summed E-state index contributed by atoms with van der Waals surface area (Å²) in [5.41, 5.74) is 1.45. The van der Waals surface area contributed by atoms with E-state index in [1.807, 2.05) is 0 Å². The number of fused-ring (bicyclic) bond motifs is 1. The summed E-state index contributed by atoms with van der Waals surface area (Å²) in [4.78, 5) is 2.60. The van der Waals surface area contributed by atoms with Gasteiger partial charge in [0, 0.05) is 19.1 Å². The number of nitrogens with zero attached hydrogens (tertiary/aromatic N) is 1. The van der Waals surface area contributed by atoms with Crippen LogP contribution in [0.25, 0.3) is 10.8 Å². The molecule has 2 aromatic carbocycles. The van der Waals surface area contributed by atoms with E-state index >= 15 is 0 Å². The number of hydrogen-bond donors (Lipinski definition) is 1. The van der Waals surface area contributed by atoms with Gasteiger partial charge in [-0.05, 0) is 35.8 Å². The second kappa shape index (κ2) is 5.72. The lowest BCUT2D eigenvalue weighted by Crippen LogP contribution is -2.36. The van der Waals surface area contributed by atoms with Gasteiger partial charge >= 0.3 is 0 Å². The van der Waals surface area contributed by atoms with Crippen molar-refractivity contribution >= 4 is 10.8 Å². The summed E-state index contributed by atoms with van der Waals surface area (Å²) in [6, 6.07) is 16.0. The summed E-state index contributed by atoms with van der Waals surface area (Å²) in [6.45, 7) is 6.75. The van der Waals surface area contributed by atoms with Crippen molar-refractivity contribution in [2.24, 2.45) is 0 Å². The van der Waals surface area contributed by atoms with Crippen LogP contribution in [0.2, 0.25) is 0 Å². The van der Waals surface area contributed by atoms with Crippen LogP contribution in [-0.2, 0) is 6.54 Å². The predicted molar refractivity (Wildman–Crippen MR) is 81.3 cm³/mol. The first-order valence-corrected chi connectivity index (χ1v) is 7.30. The molecule has 1 unspecified atom stereocenters. The highest BCUT2D eigenvalue weighted by Crippen LogP contribution is 2.21. The van der Waals surface area contributed by atoms with Gasteiger partial charge in [-0.1, -0.05) is 49.4 Å². The lowest BCUT2D eigenvalue weighted by molar-refractivity contribution is 0.211. The number of rotatable bonds is 4. The first kappa shape index (κ1) is 12.6. The largest absolute Gasteiger partial charge is 0.315 e. The number of hydrogen-bond acceptors (Lipinski definition) is 2. The summed E-state index contributed by atoms with van der Waals surface area (Å²) < 4.78 is 0. The summed E-state index contributed by atoms with van der Waals surface area (Å²) >= 11 is 0. The van der Waals surface area contributed by atoms with Gasteiger partial charge in [0.25, 0.3) is 0 Å². The Hall–Kier alpha value is -1.38. The van der Waals surface area contributed by atoms with Crippen LogP contribution in [0.3, 0.4) is 0 Å². The molecule has 0 aliphatic carbocycles. The number of benzene rings is 2. The molecule has 100 valence electrons. The molecule has 1 saturated heterocycles. The molecule has 0 amide bonds. The van der Waals surface area contributed by atoms with Gasteiger partial charge in [0.15, 0.2) is 0 Å². The third-order valence-corrected chi connectivity index (χ3v) is 4.21. The van der Waals surface area contributed by atoms with Crippen LogP contribution in [-0.4, -0.2) is 30.6 Å². The number of likely N-dealkylation sites (N-methyl/N-ethyl adjacent to an activating group) is 1. The number of nitrogens with one attached hydrogen (secondary N) is 1. The highest BCUT2D eigenvalue weighted by molar-refractivity contribution is 5.85. The molecule has 19 heavy (non-hydrogen) atoms. The fraction of sp³-hybridized carbons (Fsp3) is 0.412. The van der Waals surface area contributed by atoms with Crippen molar-refractivity contribution in [3.8, 4) is 0 Å². The molecule has 0 bridgehead atoms. The molecule has 2 aromatic rings. The van der Waals surface area contributed by atoms with E-state index in [2.05, 4.69) is 59.6 Å². The standard InChI is InChI=1S/C17H22N2/c1-2-19(16-10-11-18-12-16)13-15-8-5-7-14-6-3-4-9-17(14)15/h3-9,16,18H,2,10-13H2,1H3. The second-order valence-corrected chi connectivity index (χ2v) is 5.35. The molecule has 1 heterocycles. The topological polar surface area (TPSA) is 15.3 Å². The van der Waals surface area contributed by atoms with E-state index in [1.54, 1.807) is 0 Å². The van der Waals surface area contributed by atoms with Crippen LogP contribution < -0.4 is 5.32 Å². The maximum absolute atomic E-state index is 3.47. The molecule has 1 aliphatic heterocycles. The first-order chi connectivity index (χ1) is 9.38. The minimum atomic E-state index is 0.698. The minimum Gasteiger partial charge on any atom is -0.315 e. The zero-order valence-electron chi connectivity index (χ0n) is 11.6. The van der Waals surface area contributed by atoms with E-state index in [9.17, 15) is 0 Å². The SMILES string of the molecule is CCN(Cc1cccc2ccccc12)C1CCNC1. The maximum Gasteiger partial charge on any atom is 0.0243 e. The highest BCUT2D eigenvalue weighted by atomic mass is 15.2. The molecule has 1 atom stereocenters. The first-order valence-electron chi connectivity index (χ1n) is 7.30. The van der Waals surface area contributed by atoms with Crippen LogP contribution in [0, 0.1) is 0 Å². The summed E-state index contributed by atoms with van der Waals surface area (Å²) in [5.74, 6) is 0. The van der Waals surface area contributed by atoms with Crippen LogP contribution >= 0.6 is 0 Å². The Morgan fingerprint density at radius 3 is 2.79 bits per heavy atom. The monoisotopic (exact) mass is 254 g/mol. The van der Waals surface area contributed by atoms with Crippen molar-refractivity contribution < 1.29 is 0 Å². The van der Waals surface area contributed by atoms with Gasteiger partial charge in [0.2, 0.25) is 0 Å². The van der Waals surface area contributed by atoms with Crippen LogP contribution in [0.1, 0.15) is 18.9 Å². The third kappa shape index (κ3) is 2.65. The molecule has 1 fully saturated rings. The van der Waals surface area contributed by atoms with Crippen molar-refractivity contribution in [2.75, 3.05) is 19.6 Å². The molecule has 1 aliphatic rings. The molecule has 2 heteroatoms. The summed E-state index contributed by atoms with van der Waals surface area (Å²) in [6.07, 6.45) is 1.28. The minimum absolute atomic E-state index is 0.698. The van der Waals surface area contributed by atoms with Crippen LogP contribution in [0.4, 0.5) is 0 Å². The molecule has 0 radical (unpaired) electrons. The van der Waals surface area contributed by atoms with Crippen molar-refractivity contribution in [1.29, 1.82) is 0 Å². The molecule has 0 spiro atoms. The smallest absolute Gasteiger partial charge is 0.0243 e. The Kier molecular flexibility index (Phi) is 3.81. The second-order valence-electron chi connectivity index (χ2n) is 5.35. The van der Waals surface area contributed by atoms with Gasteiger partial charge in [0.1, 0.15) is 0 Å². The van der Waals surface area contributed by atoms with Gasteiger partial charge in [-0.25, -0.2) is 0 Å². The van der Waals surface area contributed by atoms with Gasteiger partial charge in [-0.3, -0.25) is 4.90 Å². The van der Waals surface area contributed by atoms with Gasteiger partial charge < -0.3 is 5.32 Å². The molecule has 0 aromatic heterocycles. The zero-order chi connectivity index (χ0) is 13.1. The van der Waals surface area contributed by atoms with E-state index < -0.39 is 0 Å². The van der Waals surface area contributed by atoms with Crippen molar-refractivity contribution in [3.63, 3.8) is 0 Å². The Morgan fingerprint density at radius 1 is 1.16 bits per heavy atom. The van der Waals surface area contributed by atoms with Crippen molar-refractivity contribution in [1.82, 2.24) is 10.2 Å². The molecule has 3 rings (SSSR count). The molecular formula is C17H22N2. The van der Waals surface area contributed by atoms with E-state index in [-0.39, 0.29) is 0 Å². The molecule has 2 nitrogen and oxygen atoms in total. The lowest BCUT2D eigenvalue weighted by atomic mass is 10.0. The summed E-state index contributed by atoms with van der Waals surface area (Å²) in [5, 5.41) is 6.21. The fourth-order valence-electron chi connectivity index (χ4n) is 3.10. The zero-order valence-corrected chi connectivity index (χ0v) is 11.6. The van der Waals surface area contributed by atoms with Gasteiger partial charge in [0.05, 0.1) is 0 Å². The van der Waals surface area contributed by atoms with Gasteiger partial charge in [-0.2, -0.15) is 0 Å². The maximum atomic E-state index is 3.47. The average molecular weight is 254 g/mol. The van der Waals surface area contributed by atoms with Crippen molar-refractivity contribution in [2.45, 2.75) is 25.9 Å². The lowest BCUT2D eigenvalue weighted by Gasteiger charge is -2.27. The Morgan fingerprint density at radius 2 is 2.00 bits per heavy atom. The Bertz CT molecular complexity index is 538. The Balaban J connectivity index is 1.87. The van der Waals surface area contributed by atoms with E-state index in [1.165, 1.54) is 22.8 Å². The Labute approximate surface area is 115 Å². The van der Waals surface area contributed by atoms with Crippen molar-refractivity contribution in [3.05, 3.63) is 48.0 Å². The molecule has 1 N–H and O–H groups in total. The fourth-order valence-corrected chi connectivity index (χ4v) is 3.10. The van der Waals surface area contributed by atoms with E-state index in [0.717, 1.165) is 26.2 Å². The quantitative estimate of drug-likeness (QED) is 0.902. The predicted octanol–water partition coefficient (Wildman–Crippen LogP) is 3.02. The van der Waals surface area contributed by atoms with Gasteiger partial charge in [-0.15, -0.1) is 0 Å². The van der Waals surface area contributed by atoms with E-state index in [0.29, 0.717) is 6.04 Å². The normalized spacial score (nSPS) is 19.4. The van der Waals surface area contributed by atoms with E-state index in [4.69, 9.17) is 0 Å². The third-order valence-electron chi connectivity index (χ3n) is 4.21. The summed E-state index contributed by atoms with van der Waals surface area (Å²) in [7, 11) is 0. The van der Waals surface area contributed by atoms with Crippen LogP contribution in [0.15, 0.2) is 42.5 Å². The molecular weight excluding hydrogens is 232 g/mol. The van der Waals surface area contributed by atoms with Crippen LogP contribution in [0.5, 0.6) is 0 Å².